The average molecular weight is 406 g/mol. The molecule has 1 aromatic rings. The Morgan fingerprint density at radius 1 is 0.741 bits per heavy atom. The molecule has 0 radical (unpaired) electrons. The van der Waals surface area contributed by atoms with Crippen molar-refractivity contribution in [3.63, 3.8) is 0 Å². The quantitative estimate of drug-likeness (QED) is 0.269. The van der Waals surface area contributed by atoms with Crippen molar-refractivity contribution in [2.45, 2.75) is 9.79 Å². The van der Waals surface area contributed by atoms with E-state index >= 15 is 0 Å². The average Bonchev–Trinajstić information content (AvgIpc) is 2.59. The van der Waals surface area contributed by atoms with Crippen molar-refractivity contribution in [3.8, 4) is 70.9 Å². The van der Waals surface area contributed by atoms with E-state index < -0.39 is 43.2 Å². The second-order valence-electron chi connectivity index (χ2n) is 3.86. The lowest BCUT2D eigenvalue weighted by atomic mass is 10.3. The summed E-state index contributed by atoms with van der Waals surface area (Å²) in [5.41, 5.74) is 0. The largest absolute Gasteiger partial charge is 0.300 e. The van der Waals surface area contributed by atoms with Crippen LogP contribution < -0.4 is 0 Å². The smallest absolute Gasteiger partial charge is 0.282 e. The van der Waals surface area contributed by atoms with Gasteiger partial charge in [-0.2, -0.15) is 8.42 Å². The molecule has 0 fully saturated rings. The van der Waals surface area contributed by atoms with Gasteiger partial charge in [0.2, 0.25) is 0 Å². The predicted octanol–water partition coefficient (Wildman–Crippen LogP) is 2.19. The standard InChI is InChI=1S/C18H2F4O3S2/c1-2-3-4-5-6-7-8-9-10-11-12-26-17-13(19)15(21)18(27(23,24)25)16(22)14(17)20/h1H,(H,23,24,25). The van der Waals surface area contributed by atoms with Crippen LogP contribution in [-0.2, 0) is 10.1 Å². The molecule has 0 heterocycles. The Hall–Kier alpha value is -3.44. The highest BCUT2D eigenvalue weighted by Gasteiger charge is 2.32. The molecule has 0 spiro atoms. The lowest BCUT2D eigenvalue weighted by Crippen LogP contribution is -2.11. The topological polar surface area (TPSA) is 54.4 Å². The molecule has 1 N–H and O–H groups in total. The van der Waals surface area contributed by atoms with Crippen LogP contribution in [0.25, 0.3) is 0 Å². The molecule has 0 unspecified atom stereocenters. The Kier molecular flexibility index (Phi) is 7.91. The molecule has 0 aliphatic heterocycles. The van der Waals surface area contributed by atoms with Crippen molar-refractivity contribution >= 4 is 21.9 Å². The first-order valence-corrected chi connectivity index (χ1v) is 8.43. The van der Waals surface area contributed by atoms with Crippen LogP contribution in [0.5, 0.6) is 0 Å². The van der Waals surface area contributed by atoms with Crippen LogP contribution in [0.2, 0.25) is 0 Å². The maximum atomic E-state index is 13.7. The van der Waals surface area contributed by atoms with Crippen LogP contribution in [0.3, 0.4) is 0 Å². The summed E-state index contributed by atoms with van der Waals surface area (Å²) in [6.45, 7) is 0. The van der Waals surface area contributed by atoms with E-state index in [1.807, 2.05) is 11.2 Å². The number of rotatable bonds is 2. The fourth-order valence-corrected chi connectivity index (χ4v) is 2.46. The third-order valence-corrected chi connectivity index (χ3v) is 3.86. The van der Waals surface area contributed by atoms with Crippen molar-refractivity contribution in [2.24, 2.45) is 0 Å². The summed E-state index contributed by atoms with van der Waals surface area (Å²) in [6.07, 6.45) is 4.85. The van der Waals surface area contributed by atoms with Crippen LogP contribution in [0.4, 0.5) is 17.6 Å². The third kappa shape index (κ3) is 6.09. The van der Waals surface area contributed by atoms with Gasteiger partial charge in [0.1, 0.15) is 0 Å². The molecule has 1 aromatic carbocycles. The number of benzene rings is 1. The zero-order valence-electron chi connectivity index (χ0n) is 12.7. The molecule has 1 rings (SSSR count). The van der Waals surface area contributed by atoms with Gasteiger partial charge in [-0.05, 0) is 76.2 Å². The summed E-state index contributed by atoms with van der Waals surface area (Å²) < 4.78 is 84.7. The van der Waals surface area contributed by atoms with Gasteiger partial charge in [0.25, 0.3) is 0 Å². The van der Waals surface area contributed by atoms with E-state index in [0.717, 1.165) is 0 Å². The first kappa shape index (κ1) is 21.6. The van der Waals surface area contributed by atoms with Crippen molar-refractivity contribution in [1.29, 1.82) is 0 Å². The Bertz CT molecular complexity index is 1220. The highest BCUT2D eigenvalue weighted by Crippen LogP contribution is 2.32. The number of hydrogen-bond donors (Lipinski definition) is 1. The van der Waals surface area contributed by atoms with Crippen LogP contribution in [-0.4, -0.2) is 13.0 Å². The molecule has 0 aliphatic carbocycles. The van der Waals surface area contributed by atoms with Gasteiger partial charge < -0.3 is 0 Å². The molecule has 0 bridgehead atoms. The van der Waals surface area contributed by atoms with Crippen molar-refractivity contribution < 1.29 is 30.5 Å². The van der Waals surface area contributed by atoms with Crippen LogP contribution in [0.15, 0.2) is 9.79 Å². The van der Waals surface area contributed by atoms with Gasteiger partial charge in [-0.15, -0.1) is 6.42 Å². The monoisotopic (exact) mass is 406 g/mol. The Morgan fingerprint density at radius 3 is 1.56 bits per heavy atom. The minimum atomic E-state index is -5.51. The minimum absolute atomic E-state index is 0.0154. The molecule has 9 heteroatoms. The molecular formula is C18H2F4O3S2. The number of halogens is 4. The van der Waals surface area contributed by atoms with Gasteiger partial charge >= 0.3 is 10.1 Å². The molecule has 0 atom stereocenters. The second kappa shape index (κ2) is 9.89. The molecule has 0 amide bonds. The van der Waals surface area contributed by atoms with E-state index in [0.29, 0.717) is 0 Å². The fourth-order valence-electron chi connectivity index (χ4n) is 1.26. The normalized spacial score (nSPS) is 8.59. The number of terminal acetylenes is 1. The summed E-state index contributed by atoms with van der Waals surface area (Å²) in [4.78, 5) is -3.37. The van der Waals surface area contributed by atoms with Crippen LogP contribution >= 0.6 is 11.8 Å². The summed E-state index contributed by atoms with van der Waals surface area (Å²) in [5, 5.41) is 2.03. The van der Waals surface area contributed by atoms with Gasteiger partial charge in [0, 0.05) is 0 Å². The van der Waals surface area contributed by atoms with E-state index in [4.69, 9.17) is 11.0 Å². The zero-order chi connectivity index (χ0) is 20.4. The highest BCUT2D eigenvalue weighted by atomic mass is 32.2. The Morgan fingerprint density at radius 2 is 1.15 bits per heavy atom. The fraction of sp³-hybridized carbons (Fsp3) is 0. The molecule has 0 saturated heterocycles. The summed E-state index contributed by atoms with van der Waals surface area (Å²) >= 11 is 0.0154. The van der Waals surface area contributed by atoms with E-state index in [9.17, 15) is 26.0 Å². The number of thioether (sulfide) groups is 1. The van der Waals surface area contributed by atoms with Crippen molar-refractivity contribution in [2.75, 3.05) is 0 Å². The molecular weight excluding hydrogens is 404 g/mol. The maximum absolute atomic E-state index is 13.7. The number of hydrogen-bond acceptors (Lipinski definition) is 3. The molecule has 3 nitrogen and oxygen atoms in total. The molecule has 0 saturated carbocycles. The minimum Gasteiger partial charge on any atom is -0.282 e. The Labute approximate surface area is 156 Å². The summed E-state index contributed by atoms with van der Waals surface area (Å²) in [5.74, 6) is 13.5. The molecule has 132 valence electrons. The van der Waals surface area contributed by atoms with Crippen molar-refractivity contribution in [1.82, 2.24) is 0 Å². The predicted molar refractivity (Wildman–Crippen MR) is 89.7 cm³/mol. The second-order valence-corrected chi connectivity index (χ2v) is 6.04. The van der Waals surface area contributed by atoms with E-state index in [-0.39, 0.29) is 11.8 Å². The van der Waals surface area contributed by atoms with Crippen LogP contribution in [0, 0.1) is 94.1 Å². The zero-order valence-corrected chi connectivity index (χ0v) is 14.3. The summed E-state index contributed by atoms with van der Waals surface area (Å²) in [7, 11) is -5.51. The maximum Gasteiger partial charge on any atom is 0.300 e. The lowest BCUT2D eigenvalue weighted by molar-refractivity contribution is 0.384. The van der Waals surface area contributed by atoms with Crippen molar-refractivity contribution in [3.05, 3.63) is 23.3 Å². The van der Waals surface area contributed by atoms with Gasteiger partial charge in [-0.25, -0.2) is 17.6 Å². The van der Waals surface area contributed by atoms with E-state index in [1.54, 1.807) is 0 Å². The molecule has 0 aliphatic rings. The van der Waals surface area contributed by atoms with Gasteiger partial charge in [0.05, 0.1) is 4.90 Å². The SMILES string of the molecule is C#CC#CC#CC#CC#CC#CSc1c(F)c(F)c(S(=O)(=O)O)c(F)c1F. The van der Waals surface area contributed by atoms with Gasteiger partial charge in [-0.1, -0.05) is 0 Å². The van der Waals surface area contributed by atoms with E-state index in [2.05, 4.69) is 53.3 Å². The first-order valence-electron chi connectivity index (χ1n) is 6.17. The molecule has 27 heavy (non-hydrogen) atoms. The van der Waals surface area contributed by atoms with Gasteiger partial charge in [-0.3, -0.25) is 4.55 Å². The van der Waals surface area contributed by atoms with Gasteiger partial charge in [0.15, 0.2) is 28.2 Å². The van der Waals surface area contributed by atoms with Crippen LogP contribution in [0.1, 0.15) is 0 Å². The molecule has 0 aromatic heterocycles. The Balaban J connectivity index is 3.04. The summed E-state index contributed by atoms with van der Waals surface area (Å²) in [6, 6.07) is 0. The van der Waals surface area contributed by atoms with E-state index in [1.165, 1.54) is 0 Å². The highest BCUT2D eigenvalue weighted by molar-refractivity contribution is 8.04. The third-order valence-electron chi connectivity index (χ3n) is 2.22. The lowest BCUT2D eigenvalue weighted by Gasteiger charge is -2.07. The first-order chi connectivity index (χ1) is 12.7.